The molecule has 0 N–H and O–H groups in total. The fourth-order valence-electron chi connectivity index (χ4n) is 3.69. The van der Waals surface area contributed by atoms with Gasteiger partial charge in [0.25, 0.3) is 5.91 Å². The quantitative estimate of drug-likeness (QED) is 0.448. The van der Waals surface area contributed by atoms with Gasteiger partial charge in [-0.1, -0.05) is 18.2 Å². The summed E-state index contributed by atoms with van der Waals surface area (Å²) >= 11 is 0. The average molecular weight is 455 g/mol. The SMILES string of the molecule is COc1cc(OC)c(OC)cc1/C=C/C(=O)OC(C)C(=O)N1CCN(c2ccccc2)CC1. The molecule has 1 unspecified atom stereocenters. The van der Waals surface area contributed by atoms with Crippen molar-refractivity contribution in [1.29, 1.82) is 0 Å². The lowest BCUT2D eigenvalue weighted by Crippen LogP contribution is -2.51. The minimum absolute atomic E-state index is 0.201. The number of carbonyl (C=O) groups is 2. The molecule has 1 fully saturated rings. The zero-order valence-electron chi connectivity index (χ0n) is 19.4. The molecule has 0 bridgehead atoms. The summed E-state index contributed by atoms with van der Waals surface area (Å²) in [5, 5.41) is 0. The molecule has 2 aromatic rings. The average Bonchev–Trinajstić information content (AvgIpc) is 2.86. The first-order valence-electron chi connectivity index (χ1n) is 10.7. The van der Waals surface area contributed by atoms with Crippen LogP contribution in [0.4, 0.5) is 5.69 Å². The zero-order valence-corrected chi connectivity index (χ0v) is 19.4. The summed E-state index contributed by atoms with van der Waals surface area (Å²) in [6, 6.07) is 13.5. The summed E-state index contributed by atoms with van der Waals surface area (Å²) < 4.78 is 21.3. The maximum absolute atomic E-state index is 12.8. The Morgan fingerprint density at radius 2 is 1.48 bits per heavy atom. The molecule has 8 heteroatoms. The molecular formula is C25H30N2O6. The molecule has 1 aliphatic rings. The van der Waals surface area contributed by atoms with Crippen LogP contribution < -0.4 is 19.1 Å². The standard InChI is InChI=1S/C25H30N2O6/c1-18(25(29)27-14-12-26(13-15-27)20-8-6-5-7-9-20)33-24(28)11-10-19-16-22(31-3)23(32-4)17-21(19)30-2/h5-11,16-18H,12-15H2,1-4H3/b11-10+. The second kappa shape index (κ2) is 11.3. The van der Waals surface area contributed by atoms with Gasteiger partial charge in [-0.3, -0.25) is 4.79 Å². The normalized spacial score (nSPS) is 14.7. The van der Waals surface area contributed by atoms with Crippen LogP contribution in [0.3, 0.4) is 0 Å². The largest absolute Gasteiger partial charge is 0.496 e. The maximum atomic E-state index is 12.8. The second-order valence-corrected chi connectivity index (χ2v) is 7.51. The van der Waals surface area contributed by atoms with E-state index in [1.54, 1.807) is 30.0 Å². The number of nitrogens with zero attached hydrogens (tertiary/aromatic N) is 2. The highest BCUT2D eigenvalue weighted by Gasteiger charge is 2.27. The number of hydrogen-bond donors (Lipinski definition) is 0. The van der Waals surface area contributed by atoms with Crippen LogP contribution >= 0.6 is 0 Å². The van der Waals surface area contributed by atoms with E-state index < -0.39 is 12.1 Å². The summed E-state index contributed by atoms with van der Waals surface area (Å²) in [4.78, 5) is 29.1. The van der Waals surface area contributed by atoms with E-state index in [-0.39, 0.29) is 5.91 Å². The Labute approximate surface area is 194 Å². The Hall–Kier alpha value is -3.68. The molecule has 1 aliphatic heterocycles. The summed E-state index contributed by atoms with van der Waals surface area (Å²) in [5.74, 6) is 0.714. The van der Waals surface area contributed by atoms with Gasteiger partial charge in [-0.15, -0.1) is 0 Å². The highest BCUT2D eigenvalue weighted by molar-refractivity contribution is 5.91. The Morgan fingerprint density at radius 1 is 0.879 bits per heavy atom. The number of esters is 1. The van der Waals surface area contributed by atoms with Crippen molar-refractivity contribution in [3.63, 3.8) is 0 Å². The van der Waals surface area contributed by atoms with Crippen molar-refractivity contribution in [2.75, 3.05) is 52.4 Å². The van der Waals surface area contributed by atoms with Crippen LogP contribution in [0.15, 0.2) is 48.5 Å². The van der Waals surface area contributed by atoms with Crippen molar-refractivity contribution in [3.8, 4) is 17.2 Å². The van der Waals surface area contributed by atoms with E-state index in [0.717, 1.165) is 18.8 Å². The smallest absolute Gasteiger partial charge is 0.331 e. The van der Waals surface area contributed by atoms with Gasteiger partial charge in [-0.2, -0.15) is 0 Å². The highest BCUT2D eigenvalue weighted by Crippen LogP contribution is 2.35. The molecule has 0 saturated carbocycles. The van der Waals surface area contributed by atoms with Crippen LogP contribution in [-0.2, 0) is 14.3 Å². The van der Waals surface area contributed by atoms with Crippen molar-refractivity contribution >= 4 is 23.6 Å². The van der Waals surface area contributed by atoms with Crippen LogP contribution in [-0.4, -0.2) is 70.4 Å². The molecule has 0 radical (unpaired) electrons. The number of carbonyl (C=O) groups excluding carboxylic acids is 2. The fraction of sp³-hybridized carbons (Fsp3) is 0.360. The number of piperazine rings is 1. The molecule has 1 atom stereocenters. The predicted molar refractivity (Wildman–Crippen MR) is 126 cm³/mol. The molecule has 0 spiro atoms. The Kier molecular flexibility index (Phi) is 8.18. The monoisotopic (exact) mass is 454 g/mol. The number of para-hydroxylation sites is 1. The predicted octanol–water partition coefficient (Wildman–Crippen LogP) is 3.01. The summed E-state index contributed by atoms with van der Waals surface area (Å²) in [6.45, 7) is 4.21. The first-order valence-corrected chi connectivity index (χ1v) is 10.7. The Balaban J connectivity index is 1.56. The summed E-state index contributed by atoms with van der Waals surface area (Å²) in [5.41, 5.74) is 1.75. The number of amides is 1. The molecule has 33 heavy (non-hydrogen) atoms. The molecule has 3 rings (SSSR count). The van der Waals surface area contributed by atoms with Gasteiger partial charge in [0.15, 0.2) is 17.6 Å². The summed E-state index contributed by atoms with van der Waals surface area (Å²) in [7, 11) is 4.58. The number of anilines is 1. The van der Waals surface area contributed by atoms with Crippen molar-refractivity contribution in [2.24, 2.45) is 0 Å². The topological polar surface area (TPSA) is 77.5 Å². The first kappa shape index (κ1) is 24.0. The summed E-state index contributed by atoms with van der Waals surface area (Å²) in [6.07, 6.45) is 1.94. The third kappa shape index (κ3) is 5.97. The van der Waals surface area contributed by atoms with Crippen LogP contribution in [0.2, 0.25) is 0 Å². The van der Waals surface area contributed by atoms with Gasteiger partial charge in [0, 0.05) is 49.6 Å². The number of methoxy groups -OCH3 is 3. The van der Waals surface area contributed by atoms with Gasteiger partial charge in [-0.25, -0.2) is 4.79 Å². The molecule has 176 valence electrons. The van der Waals surface area contributed by atoms with Gasteiger partial charge >= 0.3 is 5.97 Å². The molecule has 1 saturated heterocycles. The molecular weight excluding hydrogens is 424 g/mol. The van der Waals surface area contributed by atoms with Crippen molar-refractivity contribution < 1.29 is 28.5 Å². The van der Waals surface area contributed by atoms with Gasteiger partial charge in [0.1, 0.15) is 5.75 Å². The Morgan fingerprint density at radius 3 is 2.09 bits per heavy atom. The van der Waals surface area contributed by atoms with E-state index in [1.807, 2.05) is 18.2 Å². The van der Waals surface area contributed by atoms with Crippen LogP contribution in [0.1, 0.15) is 12.5 Å². The van der Waals surface area contributed by atoms with Crippen molar-refractivity contribution in [2.45, 2.75) is 13.0 Å². The molecule has 8 nitrogen and oxygen atoms in total. The van der Waals surface area contributed by atoms with Crippen LogP contribution in [0.5, 0.6) is 17.2 Å². The molecule has 2 aromatic carbocycles. The number of hydrogen-bond acceptors (Lipinski definition) is 7. The first-order chi connectivity index (χ1) is 16.0. The minimum atomic E-state index is -0.877. The van der Waals surface area contributed by atoms with Crippen LogP contribution in [0.25, 0.3) is 6.08 Å². The van der Waals surface area contributed by atoms with Gasteiger partial charge in [-0.05, 0) is 31.2 Å². The number of rotatable bonds is 8. The van der Waals surface area contributed by atoms with E-state index in [0.29, 0.717) is 35.9 Å². The molecule has 1 amide bonds. The second-order valence-electron chi connectivity index (χ2n) is 7.51. The minimum Gasteiger partial charge on any atom is -0.496 e. The molecule has 0 aliphatic carbocycles. The third-order valence-electron chi connectivity index (χ3n) is 5.49. The van der Waals surface area contributed by atoms with E-state index in [2.05, 4.69) is 17.0 Å². The number of benzene rings is 2. The lowest BCUT2D eigenvalue weighted by Gasteiger charge is -2.36. The van der Waals surface area contributed by atoms with Gasteiger partial charge in [0.2, 0.25) is 0 Å². The third-order valence-corrected chi connectivity index (χ3v) is 5.49. The maximum Gasteiger partial charge on any atom is 0.331 e. The van der Waals surface area contributed by atoms with Crippen LogP contribution in [0, 0.1) is 0 Å². The van der Waals surface area contributed by atoms with E-state index in [4.69, 9.17) is 18.9 Å². The highest BCUT2D eigenvalue weighted by atomic mass is 16.5. The molecule has 1 heterocycles. The van der Waals surface area contributed by atoms with E-state index in [9.17, 15) is 9.59 Å². The Bertz CT molecular complexity index is 984. The van der Waals surface area contributed by atoms with E-state index in [1.165, 1.54) is 27.4 Å². The zero-order chi connectivity index (χ0) is 23.8. The van der Waals surface area contributed by atoms with E-state index >= 15 is 0 Å². The van der Waals surface area contributed by atoms with Crippen molar-refractivity contribution in [3.05, 3.63) is 54.1 Å². The number of ether oxygens (including phenoxy) is 4. The van der Waals surface area contributed by atoms with Crippen molar-refractivity contribution in [1.82, 2.24) is 4.90 Å². The molecule has 0 aromatic heterocycles. The van der Waals surface area contributed by atoms with Gasteiger partial charge in [0.05, 0.1) is 21.3 Å². The van der Waals surface area contributed by atoms with Gasteiger partial charge < -0.3 is 28.7 Å². The lowest BCUT2D eigenvalue weighted by molar-refractivity contribution is -0.155. The lowest BCUT2D eigenvalue weighted by atomic mass is 10.1. The fourth-order valence-corrected chi connectivity index (χ4v) is 3.69.